The lowest BCUT2D eigenvalue weighted by Crippen LogP contribution is -2.41. The molecule has 0 bridgehead atoms. The van der Waals surface area contributed by atoms with Crippen LogP contribution in [-0.2, 0) is 11.8 Å². The van der Waals surface area contributed by atoms with Gasteiger partial charge in [-0.3, -0.25) is 9.48 Å². The molecule has 1 saturated heterocycles. The minimum Gasteiger partial charge on any atom is -0.384 e. The van der Waals surface area contributed by atoms with Gasteiger partial charge in [-0.25, -0.2) is 0 Å². The van der Waals surface area contributed by atoms with Gasteiger partial charge in [0.2, 0.25) is 0 Å². The molecular weight excluding hydrogens is 220 g/mol. The summed E-state index contributed by atoms with van der Waals surface area (Å²) in [6.07, 6.45) is 3.81. The highest BCUT2D eigenvalue weighted by atomic mass is 16.5. The van der Waals surface area contributed by atoms with Crippen LogP contribution in [0.4, 0.5) is 0 Å². The third-order valence-corrected chi connectivity index (χ3v) is 3.03. The fourth-order valence-corrected chi connectivity index (χ4v) is 2.23. The van der Waals surface area contributed by atoms with Crippen molar-refractivity contribution in [1.82, 2.24) is 19.9 Å². The molecule has 0 aromatic carbocycles. The Labute approximate surface area is 101 Å². The van der Waals surface area contributed by atoms with E-state index in [1.807, 2.05) is 4.90 Å². The number of methoxy groups -OCH3 is 1. The maximum absolute atomic E-state index is 12.1. The first-order valence-electron chi connectivity index (χ1n) is 5.85. The predicted octanol–water partition coefficient (Wildman–Crippen LogP) is 0.314. The molecule has 1 aliphatic heterocycles. The van der Waals surface area contributed by atoms with Crippen LogP contribution in [0.2, 0.25) is 0 Å². The van der Waals surface area contributed by atoms with E-state index >= 15 is 0 Å². The summed E-state index contributed by atoms with van der Waals surface area (Å²) >= 11 is 0. The second-order valence-electron chi connectivity index (χ2n) is 4.49. The molecule has 1 amide bonds. The number of aromatic nitrogens is 3. The summed E-state index contributed by atoms with van der Waals surface area (Å²) < 4.78 is 6.69. The van der Waals surface area contributed by atoms with Crippen molar-refractivity contribution in [2.45, 2.75) is 12.8 Å². The largest absolute Gasteiger partial charge is 0.384 e. The molecule has 2 heterocycles. The molecule has 0 spiro atoms. The highest BCUT2D eigenvalue weighted by Gasteiger charge is 2.25. The minimum absolute atomic E-state index is 0.0288. The lowest BCUT2D eigenvalue weighted by atomic mass is 9.99. The third-order valence-electron chi connectivity index (χ3n) is 3.03. The quantitative estimate of drug-likeness (QED) is 0.760. The number of aryl methyl sites for hydroxylation is 1. The molecule has 1 aliphatic rings. The van der Waals surface area contributed by atoms with Crippen molar-refractivity contribution < 1.29 is 9.53 Å². The van der Waals surface area contributed by atoms with Gasteiger partial charge in [-0.2, -0.15) is 0 Å². The third kappa shape index (κ3) is 2.82. The fraction of sp³-hybridized carbons (Fsp3) is 0.727. The predicted molar refractivity (Wildman–Crippen MR) is 61.5 cm³/mol. The van der Waals surface area contributed by atoms with Gasteiger partial charge < -0.3 is 9.64 Å². The summed E-state index contributed by atoms with van der Waals surface area (Å²) in [6, 6.07) is 0. The van der Waals surface area contributed by atoms with Crippen LogP contribution in [-0.4, -0.2) is 52.6 Å². The van der Waals surface area contributed by atoms with Crippen LogP contribution in [0.1, 0.15) is 23.3 Å². The number of rotatable bonds is 3. The van der Waals surface area contributed by atoms with E-state index in [1.165, 1.54) is 0 Å². The first-order chi connectivity index (χ1) is 8.20. The Bertz CT molecular complexity index is 389. The lowest BCUT2D eigenvalue weighted by molar-refractivity contribution is 0.0565. The maximum atomic E-state index is 12.1. The zero-order chi connectivity index (χ0) is 12.3. The van der Waals surface area contributed by atoms with Crippen molar-refractivity contribution in [2.24, 2.45) is 13.0 Å². The van der Waals surface area contributed by atoms with Gasteiger partial charge in [0.05, 0.1) is 12.8 Å². The molecule has 94 valence electrons. The van der Waals surface area contributed by atoms with Crippen LogP contribution in [0.5, 0.6) is 0 Å². The van der Waals surface area contributed by atoms with Gasteiger partial charge in [0.25, 0.3) is 5.91 Å². The van der Waals surface area contributed by atoms with E-state index in [2.05, 4.69) is 10.3 Å². The summed E-state index contributed by atoms with van der Waals surface area (Å²) in [5, 5.41) is 7.63. The van der Waals surface area contributed by atoms with Crippen LogP contribution in [0.25, 0.3) is 0 Å². The Morgan fingerprint density at radius 1 is 1.65 bits per heavy atom. The van der Waals surface area contributed by atoms with Crippen LogP contribution >= 0.6 is 0 Å². The van der Waals surface area contributed by atoms with Crippen LogP contribution in [0, 0.1) is 5.92 Å². The number of likely N-dealkylation sites (tertiary alicyclic amines) is 1. The highest BCUT2D eigenvalue weighted by molar-refractivity contribution is 5.91. The molecule has 0 unspecified atom stereocenters. The molecule has 1 aromatic rings. The van der Waals surface area contributed by atoms with Crippen molar-refractivity contribution in [2.75, 3.05) is 26.8 Å². The zero-order valence-electron chi connectivity index (χ0n) is 10.3. The zero-order valence-corrected chi connectivity index (χ0v) is 10.3. The smallest absolute Gasteiger partial charge is 0.276 e. The highest BCUT2D eigenvalue weighted by Crippen LogP contribution is 2.18. The average Bonchev–Trinajstić information content (AvgIpc) is 2.76. The van der Waals surface area contributed by atoms with E-state index in [9.17, 15) is 4.79 Å². The van der Waals surface area contributed by atoms with E-state index in [0.717, 1.165) is 25.9 Å². The molecule has 6 heteroatoms. The Kier molecular flexibility index (Phi) is 3.73. The fourth-order valence-electron chi connectivity index (χ4n) is 2.23. The van der Waals surface area contributed by atoms with Crippen LogP contribution < -0.4 is 0 Å². The first kappa shape index (κ1) is 12.0. The molecular formula is C11H18N4O2. The van der Waals surface area contributed by atoms with E-state index in [1.54, 1.807) is 25.0 Å². The SMILES string of the molecule is COC[C@H]1CCCN(C(=O)c2cn(C)nn2)C1. The molecule has 1 aromatic heterocycles. The molecule has 1 fully saturated rings. The van der Waals surface area contributed by atoms with Gasteiger partial charge in [0, 0.05) is 27.2 Å². The number of carbonyl (C=O) groups excluding carboxylic acids is 1. The monoisotopic (exact) mass is 238 g/mol. The van der Waals surface area contributed by atoms with Crippen LogP contribution in [0.3, 0.4) is 0 Å². The van der Waals surface area contributed by atoms with Crippen molar-refractivity contribution in [1.29, 1.82) is 0 Å². The molecule has 0 saturated carbocycles. The molecule has 17 heavy (non-hydrogen) atoms. The van der Waals surface area contributed by atoms with Gasteiger partial charge in [-0.1, -0.05) is 5.21 Å². The van der Waals surface area contributed by atoms with E-state index < -0.39 is 0 Å². The summed E-state index contributed by atoms with van der Waals surface area (Å²) in [6.45, 7) is 2.27. The number of ether oxygens (including phenoxy) is 1. The maximum Gasteiger partial charge on any atom is 0.276 e. The van der Waals surface area contributed by atoms with Gasteiger partial charge in [-0.05, 0) is 18.8 Å². The Hall–Kier alpha value is -1.43. The van der Waals surface area contributed by atoms with E-state index in [-0.39, 0.29) is 5.91 Å². The standard InChI is InChI=1S/C11H18N4O2/c1-14-7-10(12-13-14)11(16)15-5-3-4-9(6-15)8-17-2/h7,9H,3-6,8H2,1-2H3/t9-/m0/s1. The minimum atomic E-state index is -0.0288. The summed E-state index contributed by atoms with van der Waals surface area (Å²) in [7, 11) is 3.46. The number of hydrogen-bond donors (Lipinski definition) is 0. The van der Waals surface area contributed by atoms with Gasteiger partial charge >= 0.3 is 0 Å². The van der Waals surface area contributed by atoms with Crippen molar-refractivity contribution in [3.63, 3.8) is 0 Å². The summed E-state index contributed by atoms with van der Waals surface area (Å²) in [4.78, 5) is 14.0. The molecule has 2 rings (SSSR count). The Morgan fingerprint density at radius 3 is 3.12 bits per heavy atom. The lowest BCUT2D eigenvalue weighted by Gasteiger charge is -2.31. The molecule has 0 radical (unpaired) electrons. The molecule has 6 nitrogen and oxygen atoms in total. The van der Waals surface area contributed by atoms with Gasteiger partial charge in [0.15, 0.2) is 5.69 Å². The number of piperidine rings is 1. The molecule has 1 atom stereocenters. The van der Waals surface area contributed by atoms with Crippen LogP contribution in [0.15, 0.2) is 6.20 Å². The number of carbonyl (C=O) groups is 1. The molecule has 0 aliphatic carbocycles. The number of hydrogen-bond acceptors (Lipinski definition) is 4. The Morgan fingerprint density at radius 2 is 2.47 bits per heavy atom. The molecule has 0 N–H and O–H groups in total. The van der Waals surface area contributed by atoms with Crippen molar-refractivity contribution in [3.05, 3.63) is 11.9 Å². The van der Waals surface area contributed by atoms with Gasteiger partial charge in [-0.15, -0.1) is 5.10 Å². The Balaban J connectivity index is 1.99. The normalized spacial score (nSPS) is 20.6. The topological polar surface area (TPSA) is 60.2 Å². The second kappa shape index (κ2) is 5.27. The van der Waals surface area contributed by atoms with E-state index in [0.29, 0.717) is 18.2 Å². The van der Waals surface area contributed by atoms with Crippen molar-refractivity contribution in [3.8, 4) is 0 Å². The summed E-state index contributed by atoms with van der Waals surface area (Å²) in [5.74, 6) is 0.410. The van der Waals surface area contributed by atoms with E-state index in [4.69, 9.17) is 4.74 Å². The summed E-state index contributed by atoms with van der Waals surface area (Å²) in [5.41, 5.74) is 0.422. The number of amides is 1. The first-order valence-corrected chi connectivity index (χ1v) is 5.85. The van der Waals surface area contributed by atoms with Gasteiger partial charge in [0.1, 0.15) is 0 Å². The average molecular weight is 238 g/mol. The number of nitrogens with zero attached hydrogens (tertiary/aromatic N) is 4. The van der Waals surface area contributed by atoms with Crippen molar-refractivity contribution >= 4 is 5.91 Å². The second-order valence-corrected chi connectivity index (χ2v) is 4.49.